The minimum absolute atomic E-state index is 0.0435. The second-order valence-electron chi connectivity index (χ2n) is 4.36. The molecule has 0 radical (unpaired) electrons. The fourth-order valence-corrected chi connectivity index (χ4v) is 2.02. The molecule has 0 saturated heterocycles. The molecule has 1 atom stereocenters. The van der Waals surface area contributed by atoms with E-state index in [2.05, 4.69) is 5.32 Å². The number of hydrogen-bond acceptors (Lipinski definition) is 3. The van der Waals surface area contributed by atoms with Crippen LogP contribution in [-0.2, 0) is 16.0 Å². The van der Waals surface area contributed by atoms with Crippen LogP contribution in [0.15, 0.2) is 24.3 Å². The number of carboxylic acids is 1. The number of fused-ring (bicyclic) bond motifs is 1. The molecule has 5 heteroatoms. The quantitative estimate of drug-likeness (QED) is 0.820. The second-order valence-corrected chi connectivity index (χ2v) is 4.36. The molecule has 0 unspecified atom stereocenters. The molecule has 0 saturated carbocycles. The summed E-state index contributed by atoms with van der Waals surface area (Å²) in [6.07, 6.45) is 0.858. The van der Waals surface area contributed by atoms with Gasteiger partial charge in [-0.2, -0.15) is 0 Å². The number of anilines is 1. The first-order valence-corrected chi connectivity index (χ1v) is 5.94. The Morgan fingerprint density at radius 3 is 2.89 bits per heavy atom. The van der Waals surface area contributed by atoms with Crippen molar-refractivity contribution in [3.8, 4) is 0 Å². The van der Waals surface area contributed by atoms with E-state index in [1.165, 1.54) is 6.92 Å². The van der Waals surface area contributed by atoms with Crippen molar-refractivity contribution in [2.75, 3.05) is 18.0 Å². The standard InChI is InChI=1S/C13H16N2O3/c1-9(13(17)18)14-8-12(16)15-7-6-10-4-2-3-5-11(10)15/h2-5,9,14H,6-8H2,1H3,(H,17,18)/t9-/m1/s1. The molecule has 1 heterocycles. The van der Waals surface area contributed by atoms with Gasteiger partial charge in [-0.15, -0.1) is 0 Å². The van der Waals surface area contributed by atoms with Crippen LogP contribution in [0, 0.1) is 0 Å². The van der Waals surface area contributed by atoms with Gasteiger partial charge < -0.3 is 10.0 Å². The molecule has 1 aliphatic rings. The highest BCUT2D eigenvalue weighted by Crippen LogP contribution is 2.27. The number of benzene rings is 1. The molecule has 1 aromatic rings. The van der Waals surface area contributed by atoms with Gasteiger partial charge in [0.25, 0.3) is 0 Å². The summed E-state index contributed by atoms with van der Waals surface area (Å²) >= 11 is 0. The van der Waals surface area contributed by atoms with Gasteiger partial charge in [0.2, 0.25) is 5.91 Å². The molecule has 96 valence electrons. The Hall–Kier alpha value is -1.88. The Balaban J connectivity index is 1.97. The third-order valence-electron chi connectivity index (χ3n) is 3.12. The lowest BCUT2D eigenvalue weighted by Crippen LogP contribution is -2.43. The van der Waals surface area contributed by atoms with Crippen LogP contribution in [0.5, 0.6) is 0 Å². The van der Waals surface area contributed by atoms with Gasteiger partial charge in [-0.3, -0.25) is 14.9 Å². The van der Waals surface area contributed by atoms with Crippen LogP contribution in [0.3, 0.4) is 0 Å². The number of carbonyl (C=O) groups excluding carboxylic acids is 1. The van der Waals surface area contributed by atoms with Crippen LogP contribution in [-0.4, -0.2) is 36.1 Å². The lowest BCUT2D eigenvalue weighted by atomic mass is 10.2. The largest absolute Gasteiger partial charge is 0.480 e. The van der Waals surface area contributed by atoms with Gasteiger partial charge >= 0.3 is 5.97 Å². The minimum Gasteiger partial charge on any atom is -0.480 e. The Labute approximate surface area is 105 Å². The molecule has 0 aromatic heterocycles. The summed E-state index contributed by atoms with van der Waals surface area (Å²) in [5.74, 6) is -1.04. The number of rotatable bonds is 4. The topological polar surface area (TPSA) is 69.6 Å². The first-order valence-electron chi connectivity index (χ1n) is 5.94. The van der Waals surface area contributed by atoms with E-state index in [1.54, 1.807) is 4.90 Å². The van der Waals surface area contributed by atoms with Crippen LogP contribution in [0.4, 0.5) is 5.69 Å². The third kappa shape index (κ3) is 2.51. The number of amides is 1. The number of carboxylic acid groups (broad SMARTS) is 1. The van der Waals surface area contributed by atoms with Gasteiger partial charge in [0.05, 0.1) is 6.54 Å². The molecule has 1 amide bonds. The maximum atomic E-state index is 12.0. The van der Waals surface area contributed by atoms with E-state index in [0.717, 1.165) is 17.7 Å². The van der Waals surface area contributed by atoms with Crippen molar-refractivity contribution < 1.29 is 14.7 Å². The Bertz CT molecular complexity index is 473. The zero-order valence-corrected chi connectivity index (χ0v) is 10.2. The Morgan fingerprint density at radius 2 is 2.17 bits per heavy atom. The summed E-state index contributed by atoms with van der Waals surface area (Å²) in [6, 6.07) is 7.07. The average molecular weight is 248 g/mol. The third-order valence-corrected chi connectivity index (χ3v) is 3.12. The predicted octanol–water partition coefficient (Wildman–Crippen LogP) is 0.638. The molecule has 0 bridgehead atoms. The molecule has 0 fully saturated rings. The van der Waals surface area contributed by atoms with Crippen LogP contribution in [0.2, 0.25) is 0 Å². The van der Waals surface area contributed by atoms with Crippen molar-refractivity contribution in [2.24, 2.45) is 0 Å². The van der Waals surface area contributed by atoms with Gasteiger partial charge in [-0.25, -0.2) is 0 Å². The number of nitrogens with zero attached hydrogens (tertiary/aromatic N) is 1. The molecule has 2 rings (SSSR count). The van der Waals surface area contributed by atoms with Gasteiger partial charge in [0, 0.05) is 12.2 Å². The van der Waals surface area contributed by atoms with E-state index in [-0.39, 0.29) is 12.5 Å². The first-order chi connectivity index (χ1) is 8.59. The maximum absolute atomic E-state index is 12.0. The number of hydrogen-bond donors (Lipinski definition) is 2. The SMILES string of the molecule is C[C@@H](NCC(=O)N1CCc2ccccc21)C(=O)O. The van der Waals surface area contributed by atoms with Crippen molar-refractivity contribution >= 4 is 17.6 Å². The molecule has 18 heavy (non-hydrogen) atoms. The lowest BCUT2D eigenvalue weighted by molar-refractivity contribution is -0.139. The minimum atomic E-state index is -0.954. The molecule has 5 nitrogen and oxygen atoms in total. The second kappa shape index (κ2) is 5.18. The summed E-state index contributed by atoms with van der Waals surface area (Å²) in [5, 5.41) is 11.4. The van der Waals surface area contributed by atoms with Crippen molar-refractivity contribution in [1.82, 2.24) is 5.32 Å². The fraction of sp³-hybridized carbons (Fsp3) is 0.385. The summed E-state index contributed by atoms with van der Waals surface area (Å²) in [7, 11) is 0. The monoisotopic (exact) mass is 248 g/mol. The molecular weight excluding hydrogens is 232 g/mol. The predicted molar refractivity (Wildman–Crippen MR) is 67.6 cm³/mol. The number of para-hydroxylation sites is 1. The number of aliphatic carboxylic acids is 1. The van der Waals surface area contributed by atoms with E-state index < -0.39 is 12.0 Å². The Morgan fingerprint density at radius 1 is 1.44 bits per heavy atom. The van der Waals surface area contributed by atoms with Crippen LogP contribution < -0.4 is 10.2 Å². The summed E-state index contributed by atoms with van der Waals surface area (Å²) in [6.45, 7) is 2.23. The van der Waals surface area contributed by atoms with E-state index in [0.29, 0.717) is 6.54 Å². The highest BCUT2D eigenvalue weighted by molar-refractivity contribution is 5.97. The van der Waals surface area contributed by atoms with Crippen LogP contribution in [0.25, 0.3) is 0 Å². The highest BCUT2D eigenvalue weighted by Gasteiger charge is 2.24. The first kappa shape index (κ1) is 12.6. The normalized spacial score (nSPS) is 15.3. The molecule has 1 aliphatic heterocycles. The van der Waals surface area contributed by atoms with Crippen molar-refractivity contribution in [3.63, 3.8) is 0 Å². The zero-order valence-electron chi connectivity index (χ0n) is 10.2. The fourth-order valence-electron chi connectivity index (χ4n) is 2.02. The summed E-state index contributed by atoms with van der Waals surface area (Å²) in [5.41, 5.74) is 2.10. The van der Waals surface area contributed by atoms with Gasteiger partial charge in [-0.05, 0) is 25.0 Å². The number of carbonyl (C=O) groups is 2. The lowest BCUT2D eigenvalue weighted by Gasteiger charge is -2.18. The van der Waals surface area contributed by atoms with Crippen molar-refractivity contribution in [3.05, 3.63) is 29.8 Å². The van der Waals surface area contributed by atoms with E-state index in [4.69, 9.17) is 5.11 Å². The van der Waals surface area contributed by atoms with E-state index >= 15 is 0 Å². The van der Waals surface area contributed by atoms with Gasteiger partial charge in [0.1, 0.15) is 6.04 Å². The average Bonchev–Trinajstić information content (AvgIpc) is 2.79. The summed E-state index contributed by atoms with van der Waals surface area (Å²) in [4.78, 5) is 24.4. The number of nitrogens with one attached hydrogen (secondary N) is 1. The van der Waals surface area contributed by atoms with E-state index in [9.17, 15) is 9.59 Å². The molecular formula is C13H16N2O3. The molecule has 0 aliphatic carbocycles. The smallest absolute Gasteiger partial charge is 0.320 e. The van der Waals surface area contributed by atoms with Crippen LogP contribution >= 0.6 is 0 Å². The van der Waals surface area contributed by atoms with Crippen molar-refractivity contribution in [1.29, 1.82) is 0 Å². The molecule has 1 aromatic carbocycles. The molecule has 0 spiro atoms. The zero-order chi connectivity index (χ0) is 13.1. The van der Waals surface area contributed by atoms with Crippen molar-refractivity contribution in [2.45, 2.75) is 19.4 Å². The maximum Gasteiger partial charge on any atom is 0.320 e. The molecule has 2 N–H and O–H groups in total. The highest BCUT2D eigenvalue weighted by atomic mass is 16.4. The van der Waals surface area contributed by atoms with E-state index in [1.807, 2.05) is 24.3 Å². The van der Waals surface area contributed by atoms with Crippen LogP contribution in [0.1, 0.15) is 12.5 Å². The summed E-state index contributed by atoms with van der Waals surface area (Å²) < 4.78 is 0. The van der Waals surface area contributed by atoms with Gasteiger partial charge in [0.15, 0.2) is 0 Å². The Kier molecular flexibility index (Phi) is 3.62. The van der Waals surface area contributed by atoms with Gasteiger partial charge in [-0.1, -0.05) is 18.2 Å².